The number of rotatable bonds is 1. The molecule has 0 bridgehead atoms. The smallest absolute Gasteiger partial charge is 0.309 e. The standard InChI is InChI=1S/C21H17FN2O4/c1-2-21(27)8-18(25)28-10-13-14(21)7-17-19-11(9-24(17)20(13)26)6-12-15(22)4-3-5-16(12)23-19/h3-7,27H,2,8-10H2,1H3/t21-/m1/s1. The number of halogens is 1. The summed E-state index contributed by atoms with van der Waals surface area (Å²) >= 11 is 0. The summed E-state index contributed by atoms with van der Waals surface area (Å²) in [6.45, 7) is 1.85. The lowest BCUT2D eigenvalue weighted by molar-refractivity contribution is -0.149. The van der Waals surface area contributed by atoms with Crippen LogP contribution in [0.15, 0.2) is 35.1 Å². The van der Waals surface area contributed by atoms with Crippen molar-refractivity contribution < 1.29 is 19.0 Å². The Hall–Kier alpha value is -3.06. The first-order valence-corrected chi connectivity index (χ1v) is 9.15. The van der Waals surface area contributed by atoms with Crippen molar-refractivity contribution in [2.75, 3.05) is 0 Å². The highest BCUT2D eigenvalue weighted by Gasteiger charge is 2.39. The zero-order valence-corrected chi connectivity index (χ0v) is 15.2. The first-order chi connectivity index (χ1) is 13.4. The number of hydrogen-bond donors (Lipinski definition) is 1. The van der Waals surface area contributed by atoms with Crippen LogP contribution in [0.4, 0.5) is 4.39 Å². The molecule has 0 aliphatic carbocycles. The number of pyridine rings is 2. The molecule has 0 fully saturated rings. The lowest BCUT2D eigenvalue weighted by atomic mass is 9.85. The van der Waals surface area contributed by atoms with Gasteiger partial charge in [-0.15, -0.1) is 0 Å². The van der Waals surface area contributed by atoms with E-state index in [1.807, 2.05) is 0 Å². The van der Waals surface area contributed by atoms with Crippen LogP contribution in [-0.4, -0.2) is 20.6 Å². The molecular weight excluding hydrogens is 363 g/mol. The Labute approximate surface area is 159 Å². The molecule has 0 amide bonds. The van der Waals surface area contributed by atoms with Gasteiger partial charge in [0.15, 0.2) is 0 Å². The van der Waals surface area contributed by atoms with Gasteiger partial charge in [0.25, 0.3) is 5.56 Å². The van der Waals surface area contributed by atoms with Crippen molar-refractivity contribution in [3.63, 3.8) is 0 Å². The topological polar surface area (TPSA) is 81.4 Å². The van der Waals surface area contributed by atoms with E-state index in [0.717, 1.165) is 5.56 Å². The fourth-order valence-electron chi connectivity index (χ4n) is 4.16. The third kappa shape index (κ3) is 2.26. The summed E-state index contributed by atoms with van der Waals surface area (Å²) in [5.41, 5.74) is 1.29. The van der Waals surface area contributed by atoms with E-state index in [1.54, 1.807) is 35.8 Å². The average Bonchev–Trinajstić information content (AvgIpc) is 2.97. The second kappa shape index (κ2) is 5.72. The molecule has 0 radical (unpaired) electrons. The predicted molar refractivity (Wildman–Crippen MR) is 99.1 cm³/mol. The molecule has 0 unspecified atom stereocenters. The highest BCUT2D eigenvalue weighted by Crippen LogP contribution is 2.39. The molecule has 2 aliphatic rings. The van der Waals surface area contributed by atoms with Gasteiger partial charge in [-0.2, -0.15) is 0 Å². The minimum atomic E-state index is -1.47. The number of carbonyl (C=O) groups excluding carboxylic acids is 1. The number of cyclic esters (lactones) is 1. The van der Waals surface area contributed by atoms with Crippen LogP contribution in [0.25, 0.3) is 22.3 Å². The van der Waals surface area contributed by atoms with Crippen molar-refractivity contribution in [2.24, 2.45) is 0 Å². The van der Waals surface area contributed by atoms with Crippen LogP contribution in [0.2, 0.25) is 0 Å². The fraction of sp³-hybridized carbons (Fsp3) is 0.286. The SMILES string of the molecule is CC[C@@]1(O)CC(=O)OCc2c1cc1n(c2=O)Cc2cc3c(F)cccc3nc2-1. The van der Waals surface area contributed by atoms with E-state index in [0.29, 0.717) is 27.9 Å². The van der Waals surface area contributed by atoms with E-state index >= 15 is 0 Å². The van der Waals surface area contributed by atoms with Crippen molar-refractivity contribution in [1.82, 2.24) is 9.55 Å². The quantitative estimate of drug-likeness (QED) is 0.514. The van der Waals surface area contributed by atoms with Gasteiger partial charge in [0, 0.05) is 10.9 Å². The molecule has 1 N–H and O–H groups in total. The predicted octanol–water partition coefficient (Wildman–Crippen LogP) is 2.61. The number of aromatic nitrogens is 2. The lowest BCUT2D eigenvalue weighted by Gasteiger charge is -2.26. The first kappa shape index (κ1) is 17.1. The van der Waals surface area contributed by atoms with Crippen LogP contribution < -0.4 is 5.56 Å². The monoisotopic (exact) mass is 380 g/mol. The molecule has 5 rings (SSSR count). The molecule has 1 aromatic carbocycles. The van der Waals surface area contributed by atoms with Crippen molar-refractivity contribution in [3.05, 3.63) is 63.2 Å². The molecule has 28 heavy (non-hydrogen) atoms. The third-order valence-corrected chi connectivity index (χ3v) is 5.76. The molecule has 4 heterocycles. The molecule has 2 aromatic heterocycles. The number of nitrogens with zero attached hydrogens (tertiary/aromatic N) is 2. The Bertz CT molecular complexity index is 1230. The maximum atomic E-state index is 14.1. The van der Waals surface area contributed by atoms with Gasteiger partial charge in [0.2, 0.25) is 0 Å². The maximum Gasteiger partial charge on any atom is 0.309 e. The van der Waals surface area contributed by atoms with Crippen LogP contribution in [-0.2, 0) is 28.3 Å². The lowest BCUT2D eigenvalue weighted by Crippen LogP contribution is -2.32. The number of hydrogen-bond acceptors (Lipinski definition) is 5. The molecule has 0 saturated heterocycles. The number of aliphatic hydroxyl groups is 1. The summed E-state index contributed by atoms with van der Waals surface area (Å²) in [6, 6.07) is 8.14. The summed E-state index contributed by atoms with van der Waals surface area (Å²) < 4.78 is 20.8. The van der Waals surface area contributed by atoms with Crippen LogP contribution in [0.5, 0.6) is 0 Å². The Kier molecular flexibility index (Phi) is 3.49. The van der Waals surface area contributed by atoms with Gasteiger partial charge in [-0.25, -0.2) is 9.37 Å². The van der Waals surface area contributed by atoms with E-state index in [1.165, 1.54) is 6.07 Å². The number of carbonyl (C=O) groups is 1. The summed E-state index contributed by atoms with van der Waals surface area (Å²) in [6.07, 6.45) is 0.0593. The number of esters is 1. The van der Waals surface area contributed by atoms with Crippen molar-refractivity contribution in [2.45, 2.75) is 38.5 Å². The largest absolute Gasteiger partial charge is 0.460 e. The van der Waals surface area contributed by atoms with Crippen LogP contribution in [0.1, 0.15) is 36.5 Å². The summed E-state index contributed by atoms with van der Waals surface area (Å²) in [7, 11) is 0. The fourth-order valence-corrected chi connectivity index (χ4v) is 4.16. The second-order valence-corrected chi connectivity index (χ2v) is 7.34. The highest BCUT2D eigenvalue weighted by atomic mass is 19.1. The molecule has 0 spiro atoms. The first-order valence-electron chi connectivity index (χ1n) is 9.15. The minimum Gasteiger partial charge on any atom is -0.460 e. The molecule has 142 valence electrons. The highest BCUT2D eigenvalue weighted by molar-refractivity contribution is 5.84. The van der Waals surface area contributed by atoms with Crippen LogP contribution in [0.3, 0.4) is 0 Å². The van der Waals surface area contributed by atoms with Gasteiger partial charge in [0.05, 0.1) is 35.4 Å². The van der Waals surface area contributed by atoms with E-state index in [-0.39, 0.29) is 42.9 Å². The van der Waals surface area contributed by atoms with Gasteiger partial charge in [0.1, 0.15) is 18.0 Å². The van der Waals surface area contributed by atoms with Gasteiger partial charge in [-0.05, 0) is 36.2 Å². The van der Waals surface area contributed by atoms with Gasteiger partial charge < -0.3 is 14.4 Å². The summed E-state index contributed by atoms with van der Waals surface area (Å²) in [5, 5.41) is 11.5. The van der Waals surface area contributed by atoms with Crippen LogP contribution >= 0.6 is 0 Å². The van der Waals surface area contributed by atoms with Gasteiger partial charge >= 0.3 is 5.97 Å². The number of benzene rings is 1. The number of fused-ring (bicyclic) bond motifs is 5. The zero-order chi connectivity index (χ0) is 19.6. The van der Waals surface area contributed by atoms with Crippen molar-refractivity contribution >= 4 is 16.9 Å². The molecule has 3 aromatic rings. The normalized spacial score (nSPS) is 20.3. The second-order valence-electron chi connectivity index (χ2n) is 7.34. The third-order valence-electron chi connectivity index (χ3n) is 5.76. The Morgan fingerprint density at radius 1 is 1.32 bits per heavy atom. The summed E-state index contributed by atoms with van der Waals surface area (Å²) in [5.74, 6) is -0.899. The Morgan fingerprint density at radius 3 is 2.93 bits per heavy atom. The molecule has 2 aliphatic heterocycles. The molecule has 7 heteroatoms. The van der Waals surface area contributed by atoms with Crippen molar-refractivity contribution in [1.29, 1.82) is 0 Å². The zero-order valence-electron chi connectivity index (χ0n) is 15.2. The van der Waals surface area contributed by atoms with Crippen molar-refractivity contribution in [3.8, 4) is 11.4 Å². The Balaban J connectivity index is 1.79. The van der Waals surface area contributed by atoms with E-state index in [4.69, 9.17) is 4.74 Å². The minimum absolute atomic E-state index is 0.171. The van der Waals surface area contributed by atoms with Gasteiger partial charge in [-0.3, -0.25) is 9.59 Å². The molecular formula is C21H17FN2O4. The summed E-state index contributed by atoms with van der Waals surface area (Å²) in [4.78, 5) is 29.7. The maximum absolute atomic E-state index is 14.1. The Morgan fingerprint density at radius 2 is 2.14 bits per heavy atom. The van der Waals surface area contributed by atoms with Crippen LogP contribution in [0, 0.1) is 5.82 Å². The number of ether oxygens (including phenoxy) is 1. The van der Waals surface area contributed by atoms with E-state index in [9.17, 15) is 19.1 Å². The average molecular weight is 380 g/mol. The molecule has 0 saturated carbocycles. The molecule has 1 atom stereocenters. The van der Waals surface area contributed by atoms with Gasteiger partial charge in [-0.1, -0.05) is 13.0 Å². The van der Waals surface area contributed by atoms with E-state index < -0.39 is 11.6 Å². The molecule has 6 nitrogen and oxygen atoms in total. The van der Waals surface area contributed by atoms with E-state index in [2.05, 4.69) is 4.98 Å².